The maximum Gasteiger partial charge on any atom is 0.136 e. The molecule has 1 fully saturated rings. The van der Waals surface area contributed by atoms with Gasteiger partial charge in [0.05, 0.1) is 0 Å². The Morgan fingerprint density at radius 3 is 2.33 bits per heavy atom. The molecule has 9 heavy (non-hydrogen) atoms. The molecule has 1 rings (SSSR count). The summed E-state index contributed by atoms with van der Waals surface area (Å²) in [5, 5.41) is 0. The van der Waals surface area contributed by atoms with Crippen molar-refractivity contribution in [3.8, 4) is 0 Å². The van der Waals surface area contributed by atoms with E-state index in [-0.39, 0.29) is 11.3 Å². The fourth-order valence-corrected chi connectivity index (χ4v) is 1.47. The van der Waals surface area contributed by atoms with Crippen LogP contribution in [0.1, 0.15) is 26.7 Å². The van der Waals surface area contributed by atoms with Crippen molar-refractivity contribution in [2.75, 3.05) is 0 Å². The molecule has 0 aromatic heterocycles. The Morgan fingerprint density at radius 2 is 2.22 bits per heavy atom. The van der Waals surface area contributed by atoms with Crippen LogP contribution in [0.25, 0.3) is 0 Å². The molecule has 1 aliphatic rings. The van der Waals surface area contributed by atoms with Crippen molar-refractivity contribution in [2.45, 2.75) is 26.7 Å². The Morgan fingerprint density at radius 1 is 1.67 bits per heavy atom. The Labute approximate surface area is 56.4 Å². The fourth-order valence-electron chi connectivity index (χ4n) is 1.47. The molecule has 0 heterocycles. The molecule has 1 aliphatic carbocycles. The minimum atomic E-state index is 0.0694. The topological polar surface area (TPSA) is 17.1 Å². The number of ketones is 1. The molecule has 0 amide bonds. The first-order chi connectivity index (χ1) is 4.01. The van der Waals surface area contributed by atoms with Gasteiger partial charge in [0.1, 0.15) is 5.78 Å². The second-order valence-electron chi connectivity index (χ2n) is 3.71. The molecule has 0 aromatic rings. The molecule has 0 spiro atoms. The van der Waals surface area contributed by atoms with E-state index >= 15 is 0 Å². The average molecular weight is 125 g/mol. The van der Waals surface area contributed by atoms with Gasteiger partial charge in [0, 0.05) is 12.3 Å². The van der Waals surface area contributed by atoms with Gasteiger partial charge in [0.2, 0.25) is 0 Å². The van der Waals surface area contributed by atoms with Crippen LogP contribution < -0.4 is 0 Å². The predicted octanol–water partition coefficient (Wildman–Crippen LogP) is 1.83. The van der Waals surface area contributed by atoms with Crippen molar-refractivity contribution in [3.63, 3.8) is 0 Å². The third-order valence-corrected chi connectivity index (χ3v) is 1.91. The number of hydrogen-bond acceptors (Lipinski definition) is 1. The Bertz CT molecular complexity index is 136. The summed E-state index contributed by atoms with van der Waals surface area (Å²) in [7, 11) is 0. The zero-order valence-corrected chi connectivity index (χ0v) is 6.11. The number of carbonyl (C=O) groups excluding carboxylic acids is 1. The van der Waals surface area contributed by atoms with Crippen molar-refractivity contribution in [1.29, 1.82) is 0 Å². The molecule has 1 heteroatoms. The van der Waals surface area contributed by atoms with E-state index in [9.17, 15) is 4.79 Å². The normalized spacial score (nSPS) is 33.2. The van der Waals surface area contributed by atoms with Crippen molar-refractivity contribution < 1.29 is 4.79 Å². The van der Waals surface area contributed by atoms with Crippen molar-refractivity contribution in [3.05, 3.63) is 6.92 Å². The lowest BCUT2D eigenvalue weighted by molar-refractivity contribution is -0.119. The molecular formula is C8H13O. The Kier molecular flexibility index (Phi) is 1.38. The molecule has 1 atom stereocenters. The van der Waals surface area contributed by atoms with Crippen LogP contribution in [-0.2, 0) is 4.79 Å². The smallest absolute Gasteiger partial charge is 0.136 e. The first-order valence-corrected chi connectivity index (χ1v) is 3.37. The molecule has 0 aliphatic heterocycles. The summed E-state index contributed by atoms with van der Waals surface area (Å²) in [6.45, 7) is 8.01. The van der Waals surface area contributed by atoms with Crippen LogP contribution in [0.3, 0.4) is 0 Å². The predicted molar refractivity (Wildman–Crippen MR) is 36.9 cm³/mol. The molecule has 0 bridgehead atoms. The first kappa shape index (κ1) is 6.79. The van der Waals surface area contributed by atoms with Gasteiger partial charge in [0.15, 0.2) is 0 Å². The van der Waals surface area contributed by atoms with Gasteiger partial charge in [-0.25, -0.2) is 0 Å². The van der Waals surface area contributed by atoms with Gasteiger partial charge in [-0.15, -0.1) is 0 Å². The first-order valence-electron chi connectivity index (χ1n) is 3.37. The van der Waals surface area contributed by atoms with E-state index in [1.807, 2.05) is 0 Å². The summed E-state index contributed by atoms with van der Waals surface area (Å²) in [4.78, 5) is 10.9. The lowest BCUT2D eigenvalue weighted by Gasteiger charge is -2.13. The minimum absolute atomic E-state index is 0.0694. The third-order valence-electron chi connectivity index (χ3n) is 1.91. The second-order valence-corrected chi connectivity index (χ2v) is 3.71. The molecule has 51 valence electrons. The van der Waals surface area contributed by atoms with Crippen LogP contribution in [-0.4, -0.2) is 5.78 Å². The van der Waals surface area contributed by atoms with E-state index < -0.39 is 0 Å². The zero-order valence-electron chi connectivity index (χ0n) is 6.11. The summed E-state index contributed by atoms with van der Waals surface area (Å²) in [6, 6.07) is 0. The summed E-state index contributed by atoms with van der Waals surface area (Å²) in [5.74, 6) is 0.403. The maximum absolute atomic E-state index is 10.9. The molecule has 1 radical (unpaired) electrons. The van der Waals surface area contributed by atoms with Crippen LogP contribution >= 0.6 is 0 Å². The highest BCUT2D eigenvalue weighted by Gasteiger charge is 2.34. The van der Waals surface area contributed by atoms with E-state index in [1.165, 1.54) is 0 Å². The van der Waals surface area contributed by atoms with Crippen LogP contribution in [0, 0.1) is 18.3 Å². The SMILES string of the molecule is [CH2]C1CC(C)(C)CC1=O. The van der Waals surface area contributed by atoms with Gasteiger partial charge < -0.3 is 0 Å². The van der Waals surface area contributed by atoms with Crippen molar-refractivity contribution >= 4 is 5.78 Å². The van der Waals surface area contributed by atoms with Crippen LogP contribution in [0.4, 0.5) is 0 Å². The van der Waals surface area contributed by atoms with Gasteiger partial charge in [-0.05, 0) is 18.8 Å². The highest BCUT2D eigenvalue weighted by molar-refractivity contribution is 5.84. The third kappa shape index (κ3) is 1.32. The summed E-state index contributed by atoms with van der Waals surface area (Å²) < 4.78 is 0. The van der Waals surface area contributed by atoms with Gasteiger partial charge in [-0.3, -0.25) is 4.79 Å². The van der Waals surface area contributed by atoms with Crippen LogP contribution in [0.2, 0.25) is 0 Å². The number of hydrogen-bond donors (Lipinski definition) is 0. The minimum Gasteiger partial charge on any atom is -0.299 e. The number of rotatable bonds is 0. The lowest BCUT2D eigenvalue weighted by atomic mass is 9.91. The summed E-state index contributed by atoms with van der Waals surface area (Å²) >= 11 is 0. The summed E-state index contributed by atoms with van der Waals surface area (Å²) in [5.41, 5.74) is 0.226. The standard InChI is InChI=1S/C8H13O/c1-6-4-8(2,3)5-7(6)9/h6H,1,4-5H2,2-3H3. The van der Waals surface area contributed by atoms with E-state index in [0.29, 0.717) is 5.78 Å². The van der Waals surface area contributed by atoms with E-state index in [2.05, 4.69) is 20.8 Å². The Hall–Kier alpha value is -0.330. The summed E-state index contributed by atoms with van der Waals surface area (Å²) in [6.07, 6.45) is 1.69. The molecule has 1 unspecified atom stereocenters. The largest absolute Gasteiger partial charge is 0.299 e. The fraction of sp³-hybridized carbons (Fsp3) is 0.750. The van der Waals surface area contributed by atoms with E-state index in [0.717, 1.165) is 12.8 Å². The van der Waals surface area contributed by atoms with E-state index in [4.69, 9.17) is 0 Å². The average Bonchev–Trinajstić information content (AvgIpc) is 1.79. The van der Waals surface area contributed by atoms with Gasteiger partial charge in [-0.1, -0.05) is 13.8 Å². The molecule has 1 saturated carbocycles. The van der Waals surface area contributed by atoms with Crippen molar-refractivity contribution in [1.82, 2.24) is 0 Å². The van der Waals surface area contributed by atoms with Gasteiger partial charge >= 0.3 is 0 Å². The highest BCUT2D eigenvalue weighted by atomic mass is 16.1. The highest BCUT2D eigenvalue weighted by Crippen LogP contribution is 2.37. The van der Waals surface area contributed by atoms with Gasteiger partial charge in [-0.2, -0.15) is 0 Å². The van der Waals surface area contributed by atoms with Crippen molar-refractivity contribution in [2.24, 2.45) is 11.3 Å². The second kappa shape index (κ2) is 1.83. The zero-order chi connectivity index (χ0) is 7.07. The van der Waals surface area contributed by atoms with Crippen LogP contribution in [0.5, 0.6) is 0 Å². The molecule has 0 N–H and O–H groups in total. The van der Waals surface area contributed by atoms with Crippen LogP contribution in [0.15, 0.2) is 0 Å². The molecule has 1 nitrogen and oxygen atoms in total. The quantitative estimate of drug-likeness (QED) is 0.482. The maximum atomic E-state index is 10.9. The lowest BCUT2D eigenvalue weighted by Crippen LogP contribution is -2.04. The van der Waals surface area contributed by atoms with Gasteiger partial charge in [0.25, 0.3) is 0 Å². The Balaban J connectivity index is 2.65. The molecule has 0 aromatic carbocycles. The number of carbonyl (C=O) groups is 1. The molecular weight excluding hydrogens is 112 g/mol. The van der Waals surface area contributed by atoms with E-state index in [1.54, 1.807) is 0 Å². The number of Topliss-reactive ketones (excluding diaryl/α,β-unsaturated/α-hetero) is 1. The molecule has 0 saturated heterocycles. The monoisotopic (exact) mass is 125 g/mol.